The smallest absolute Gasteiger partial charge is 0.256 e. The summed E-state index contributed by atoms with van der Waals surface area (Å²) in [5.41, 5.74) is 0.538. The van der Waals surface area contributed by atoms with Gasteiger partial charge in [0.05, 0.1) is 19.8 Å². The maximum atomic E-state index is 12.6. The van der Waals surface area contributed by atoms with Crippen LogP contribution in [0.1, 0.15) is 61.7 Å². The average Bonchev–Trinajstić information content (AvgIpc) is 3.19. The van der Waals surface area contributed by atoms with E-state index in [0.29, 0.717) is 44.4 Å². The molecule has 162 valence electrons. The molecule has 2 aliphatic rings. The lowest BCUT2D eigenvalue weighted by molar-refractivity contribution is -0.143. The molecule has 0 spiro atoms. The summed E-state index contributed by atoms with van der Waals surface area (Å²) in [4.78, 5) is 16.8. The van der Waals surface area contributed by atoms with Crippen LogP contribution in [-0.4, -0.2) is 57.3 Å². The van der Waals surface area contributed by atoms with Crippen molar-refractivity contribution in [3.8, 4) is 5.88 Å². The van der Waals surface area contributed by atoms with Crippen LogP contribution in [0.15, 0.2) is 18.3 Å². The molecule has 1 saturated heterocycles. The van der Waals surface area contributed by atoms with Crippen LogP contribution in [0.4, 0.5) is 0 Å². The number of ether oxygens (including phenoxy) is 4. The van der Waals surface area contributed by atoms with Crippen molar-refractivity contribution in [1.29, 1.82) is 0 Å². The Morgan fingerprint density at radius 1 is 1.21 bits per heavy atom. The molecule has 1 saturated carbocycles. The van der Waals surface area contributed by atoms with Gasteiger partial charge in [-0.1, -0.05) is 25.7 Å². The van der Waals surface area contributed by atoms with Gasteiger partial charge < -0.3 is 24.3 Å². The van der Waals surface area contributed by atoms with E-state index >= 15 is 0 Å². The van der Waals surface area contributed by atoms with Gasteiger partial charge in [-0.2, -0.15) is 0 Å². The predicted octanol–water partition coefficient (Wildman–Crippen LogP) is 3.33. The Kier molecular flexibility index (Phi) is 8.70. The zero-order valence-corrected chi connectivity index (χ0v) is 17.5. The van der Waals surface area contributed by atoms with Gasteiger partial charge in [-0.15, -0.1) is 0 Å². The Balaban J connectivity index is 1.51. The molecule has 29 heavy (non-hydrogen) atoms. The number of carbonyl (C=O) groups excluding carboxylic acids is 1. The second-order valence-electron chi connectivity index (χ2n) is 7.91. The minimum atomic E-state index is -0.159. The van der Waals surface area contributed by atoms with Crippen molar-refractivity contribution in [1.82, 2.24) is 10.3 Å². The topological polar surface area (TPSA) is 78.9 Å². The first-order chi connectivity index (χ1) is 14.2. The monoisotopic (exact) mass is 406 g/mol. The Labute approximate surface area is 173 Å². The van der Waals surface area contributed by atoms with Crippen molar-refractivity contribution in [2.45, 2.75) is 57.7 Å². The molecule has 0 radical (unpaired) electrons. The molecule has 1 aromatic rings. The number of hydrogen-bond acceptors (Lipinski definition) is 6. The SMILES string of the molecule is COCCOc1ncccc1C(=O)NCCCC1(C2OCCO2)CCCCCC1. The number of carbonyl (C=O) groups is 1. The zero-order chi connectivity index (χ0) is 20.4. The second-order valence-corrected chi connectivity index (χ2v) is 7.91. The van der Waals surface area contributed by atoms with Gasteiger partial charge in [0.25, 0.3) is 5.91 Å². The highest BCUT2D eigenvalue weighted by Gasteiger charge is 2.42. The Bertz CT molecular complexity index is 625. The largest absolute Gasteiger partial charge is 0.475 e. The number of aromatic nitrogens is 1. The van der Waals surface area contributed by atoms with E-state index in [1.165, 1.54) is 25.7 Å². The molecule has 1 aromatic heterocycles. The van der Waals surface area contributed by atoms with E-state index < -0.39 is 0 Å². The summed E-state index contributed by atoms with van der Waals surface area (Å²) >= 11 is 0. The lowest BCUT2D eigenvalue weighted by Gasteiger charge is -2.37. The summed E-state index contributed by atoms with van der Waals surface area (Å²) in [5.74, 6) is 0.184. The Hall–Kier alpha value is -1.70. The Morgan fingerprint density at radius 2 is 1.97 bits per heavy atom. The zero-order valence-electron chi connectivity index (χ0n) is 17.5. The van der Waals surface area contributed by atoms with E-state index in [4.69, 9.17) is 18.9 Å². The molecule has 2 fully saturated rings. The second kappa shape index (κ2) is 11.5. The third-order valence-electron chi connectivity index (χ3n) is 5.90. The first kappa shape index (κ1) is 22.0. The van der Waals surface area contributed by atoms with Crippen molar-refractivity contribution in [3.63, 3.8) is 0 Å². The van der Waals surface area contributed by atoms with E-state index in [-0.39, 0.29) is 17.6 Å². The molecule has 0 bridgehead atoms. The number of hydrogen-bond donors (Lipinski definition) is 1. The van der Waals surface area contributed by atoms with Crippen molar-refractivity contribution in [3.05, 3.63) is 23.9 Å². The van der Waals surface area contributed by atoms with E-state index in [0.717, 1.165) is 25.7 Å². The summed E-state index contributed by atoms with van der Waals surface area (Å²) in [6.07, 6.45) is 10.8. The maximum Gasteiger partial charge on any atom is 0.256 e. The summed E-state index contributed by atoms with van der Waals surface area (Å²) in [6, 6.07) is 3.48. The molecule has 1 aliphatic heterocycles. The Morgan fingerprint density at radius 3 is 2.69 bits per heavy atom. The number of nitrogens with zero attached hydrogens (tertiary/aromatic N) is 1. The van der Waals surface area contributed by atoms with Gasteiger partial charge in [-0.3, -0.25) is 4.79 Å². The number of amides is 1. The fourth-order valence-corrected chi connectivity index (χ4v) is 4.39. The van der Waals surface area contributed by atoms with Gasteiger partial charge in [-0.25, -0.2) is 4.98 Å². The maximum absolute atomic E-state index is 12.6. The van der Waals surface area contributed by atoms with Gasteiger partial charge >= 0.3 is 0 Å². The van der Waals surface area contributed by atoms with Gasteiger partial charge in [-0.05, 0) is 37.8 Å². The molecule has 7 heteroatoms. The molecule has 0 aromatic carbocycles. The fraction of sp³-hybridized carbons (Fsp3) is 0.727. The first-order valence-electron chi connectivity index (χ1n) is 10.8. The lowest BCUT2D eigenvalue weighted by atomic mass is 9.75. The first-order valence-corrected chi connectivity index (χ1v) is 10.8. The predicted molar refractivity (Wildman–Crippen MR) is 109 cm³/mol. The summed E-state index contributed by atoms with van der Waals surface area (Å²) < 4.78 is 22.4. The van der Waals surface area contributed by atoms with Crippen LogP contribution in [-0.2, 0) is 14.2 Å². The molecular weight excluding hydrogens is 372 g/mol. The van der Waals surface area contributed by atoms with Crippen LogP contribution in [0.2, 0.25) is 0 Å². The number of rotatable bonds is 10. The fourth-order valence-electron chi connectivity index (χ4n) is 4.39. The van der Waals surface area contributed by atoms with Gasteiger partial charge in [0, 0.05) is 25.3 Å². The molecule has 0 unspecified atom stereocenters. The van der Waals surface area contributed by atoms with Crippen molar-refractivity contribution < 1.29 is 23.7 Å². The van der Waals surface area contributed by atoms with Gasteiger partial charge in [0.2, 0.25) is 5.88 Å². The van der Waals surface area contributed by atoms with E-state index in [2.05, 4.69) is 10.3 Å². The average molecular weight is 407 g/mol. The normalized spacial score (nSPS) is 19.6. The van der Waals surface area contributed by atoms with Crippen LogP contribution < -0.4 is 10.1 Å². The van der Waals surface area contributed by atoms with Crippen LogP contribution in [0.25, 0.3) is 0 Å². The number of methoxy groups -OCH3 is 1. The summed E-state index contributed by atoms with van der Waals surface area (Å²) in [6.45, 7) is 2.80. The molecular formula is C22H34N2O5. The van der Waals surface area contributed by atoms with Crippen LogP contribution in [0.5, 0.6) is 5.88 Å². The molecule has 1 N–H and O–H groups in total. The molecule has 1 aliphatic carbocycles. The van der Waals surface area contributed by atoms with Crippen molar-refractivity contribution in [2.24, 2.45) is 5.41 Å². The highest BCUT2D eigenvalue weighted by atomic mass is 16.7. The minimum Gasteiger partial charge on any atom is -0.475 e. The van der Waals surface area contributed by atoms with Crippen LogP contribution >= 0.6 is 0 Å². The van der Waals surface area contributed by atoms with Crippen molar-refractivity contribution in [2.75, 3.05) is 40.1 Å². The van der Waals surface area contributed by atoms with E-state index in [1.807, 2.05) is 0 Å². The minimum absolute atomic E-state index is 0.0838. The number of nitrogens with one attached hydrogen (secondary N) is 1. The molecule has 2 heterocycles. The highest BCUT2D eigenvalue weighted by molar-refractivity contribution is 5.96. The summed E-state index contributed by atoms with van der Waals surface area (Å²) in [7, 11) is 1.61. The third-order valence-corrected chi connectivity index (χ3v) is 5.90. The number of pyridine rings is 1. The molecule has 3 rings (SSSR count). The van der Waals surface area contributed by atoms with E-state index in [9.17, 15) is 4.79 Å². The summed E-state index contributed by atoms with van der Waals surface area (Å²) in [5, 5.41) is 3.02. The lowest BCUT2D eigenvalue weighted by Crippen LogP contribution is -2.37. The highest BCUT2D eigenvalue weighted by Crippen LogP contribution is 2.44. The van der Waals surface area contributed by atoms with Crippen LogP contribution in [0, 0.1) is 5.41 Å². The molecule has 1 amide bonds. The standard InChI is InChI=1S/C22H34N2O5/c1-26-14-15-27-20-18(8-6-12-24-20)19(25)23-13-7-11-22(21-28-16-17-29-21)9-4-2-3-5-10-22/h6,8,12,21H,2-5,7,9-11,13-17H2,1H3,(H,23,25). The van der Waals surface area contributed by atoms with Crippen molar-refractivity contribution >= 4 is 5.91 Å². The molecule has 0 atom stereocenters. The van der Waals surface area contributed by atoms with Crippen LogP contribution in [0.3, 0.4) is 0 Å². The van der Waals surface area contributed by atoms with Gasteiger partial charge in [0.1, 0.15) is 12.2 Å². The quantitative estimate of drug-likeness (QED) is 0.474. The molecule has 7 nitrogen and oxygen atoms in total. The third kappa shape index (κ3) is 6.14. The van der Waals surface area contributed by atoms with E-state index in [1.54, 1.807) is 25.4 Å². The van der Waals surface area contributed by atoms with Gasteiger partial charge in [0.15, 0.2) is 6.29 Å².